The molecule has 1 amide bonds. The lowest BCUT2D eigenvalue weighted by Gasteiger charge is -2.31. The smallest absolute Gasteiger partial charge is 0.248 e. The van der Waals surface area contributed by atoms with Crippen LogP contribution in [0.1, 0.15) is 19.4 Å². The van der Waals surface area contributed by atoms with E-state index < -0.39 is 10.0 Å². The van der Waals surface area contributed by atoms with Gasteiger partial charge in [0.2, 0.25) is 15.9 Å². The molecule has 2 aromatic rings. The molecule has 2 aromatic carbocycles. The van der Waals surface area contributed by atoms with Crippen molar-refractivity contribution in [1.29, 1.82) is 0 Å². The van der Waals surface area contributed by atoms with Gasteiger partial charge >= 0.3 is 0 Å². The Bertz CT molecular complexity index is 1070. The largest absolute Gasteiger partial charge is 0.497 e. The van der Waals surface area contributed by atoms with Crippen molar-refractivity contribution in [3.63, 3.8) is 0 Å². The Labute approximate surface area is 195 Å². The topological polar surface area (TPSA) is 88.2 Å². The summed E-state index contributed by atoms with van der Waals surface area (Å²) >= 11 is 0. The van der Waals surface area contributed by atoms with Crippen LogP contribution >= 0.6 is 0 Å². The lowest BCUT2D eigenvalue weighted by molar-refractivity contribution is -0.111. The number of methoxy groups -OCH3 is 1. The van der Waals surface area contributed by atoms with Crippen LogP contribution in [-0.2, 0) is 19.6 Å². The predicted molar refractivity (Wildman–Crippen MR) is 130 cm³/mol. The van der Waals surface area contributed by atoms with E-state index >= 15 is 0 Å². The van der Waals surface area contributed by atoms with Crippen molar-refractivity contribution in [2.45, 2.75) is 18.7 Å². The first-order valence-electron chi connectivity index (χ1n) is 11.0. The lowest BCUT2D eigenvalue weighted by Crippen LogP contribution is -2.37. The van der Waals surface area contributed by atoms with Crippen molar-refractivity contribution in [3.05, 3.63) is 54.1 Å². The predicted octanol–water partition coefficient (Wildman–Crippen LogP) is 3.21. The van der Waals surface area contributed by atoms with Crippen molar-refractivity contribution < 1.29 is 22.7 Å². The van der Waals surface area contributed by atoms with E-state index in [4.69, 9.17) is 9.47 Å². The third kappa shape index (κ3) is 6.13. The van der Waals surface area contributed by atoms with Crippen molar-refractivity contribution in [3.8, 4) is 5.75 Å². The Morgan fingerprint density at radius 1 is 1.12 bits per heavy atom. The first-order valence-corrected chi connectivity index (χ1v) is 12.4. The first-order chi connectivity index (χ1) is 15.9. The highest BCUT2D eigenvalue weighted by atomic mass is 32.2. The molecule has 1 aliphatic rings. The number of sulfonamides is 1. The molecule has 9 heteroatoms. The van der Waals surface area contributed by atoms with Gasteiger partial charge in [-0.25, -0.2) is 8.42 Å². The molecule has 1 heterocycles. The number of hydrogen-bond acceptors (Lipinski definition) is 6. The highest BCUT2D eigenvalue weighted by molar-refractivity contribution is 7.89. The molecular formula is C24H31N3O5S. The number of carbonyl (C=O) groups excluding carboxylic acids is 1. The quantitative estimate of drug-likeness (QED) is 0.563. The van der Waals surface area contributed by atoms with Crippen LogP contribution in [0.2, 0.25) is 0 Å². The fourth-order valence-corrected chi connectivity index (χ4v) is 5.11. The molecule has 3 rings (SSSR count). The molecule has 0 unspecified atom stereocenters. The minimum atomic E-state index is -3.66. The zero-order valence-corrected chi connectivity index (χ0v) is 20.1. The molecule has 0 saturated carbocycles. The summed E-state index contributed by atoms with van der Waals surface area (Å²) in [4.78, 5) is 15.0. The number of nitrogens with one attached hydrogen (secondary N) is 1. The van der Waals surface area contributed by atoms with Crippen LogP contribution in [0, 0.1) is 0 Å². The van der Waals surface area contributed by atoms with E-state index in [1.165, 1.54) is 16.4 Å². The molecule has 1 N–H and O–H groups in total. The Morgan fingerprint density at radius 2 is 1.79 bits per heavy atom. The van der Waals surface area contributed by atoms with Gasteiger partial charge in [0.1, 0.15) is 5.75 Å². The molecule has 1 fully saturated rings. The molecule has 0 aromatic heterocycles. The van der Waals surface area contributed by atoms with Crippen LogP contribution in [0.25, 0.3) is 6.08 Å². The second-order valence-corrected chi connectivity index (χ2v) is 9.40. The van der Waals surface area contributed by atoms with Gasteiger partial charge in [0, 0.05) is 32.3 Å². The van der Waals surface area contributed by atoms with Crippen molar-refractivity contribution >= 4 is 33.4 Å². The van der Waals surface area contributed by atoms with E-state index in [-0.39, 0.29) is 10.8 Å². The van der Waals surface area contributed by atoms with Gasteiger partial charge in [-0.3, -0.25) is 4.79 Å². The summed E-state index contributed by atoms with van der Waals surface area (Å²) in [6.07, 6.45) is 3.12. The fourth-order valence-electron chi connectivity index (χ4n) is 3.63. The second-order valence-electron chi connectivity index (χ2n) is 7.46. The summed E-state index contributed by atoms with van der Waals surface area (Å²) in [5.41, 5.74) is 2.06. The number of anilines is 2. The van der Waals surface area contributed by atoms with E-state index in [0.717, 1.165) is 17.0 Å². The summed E-state index contributed by atoms with van der Waals surface area (Å²) < 4.78 is 38.1. The van der Waals surface area contributed by atoms with Gasteiger partial charge < -0.3 is 19.7 Å². The van der Waals surface area contributed by atoms with E-state index in [1.54, 1.807) is 39.2 Å². The van der Waals surface area contributed by atoms with Gasteiger partial charge in [0.05, 0.1) is 36.6 Å². The average Bonchev–Trinajstić information content (AvgIpc) is 2.84. The Balaban J connectivity index is 1.89. The Hall–Kier alpha value is -2.88. The van der Waals surface area contributed by atoms with Crippen LogP contribution < -0.4 is 15.0 Å². The molecule has 0 bridgehead atoms. The van der Waals surface area contributed by atoms with Crippen molar-refractivity contribution in [1.82, 2.24) is 4.31 Å². The number of hydrogen-bond donors (Lipinski definition) is 1. The van der Waals surface area contributed by atoms with Gasteiger partial charge in [-0.2, -0.15) is 4.31 Å². The zero-order chi connectivity index (χ0) is 23.8. The third-order valence-electron chi connectivity index (χ3n) is 5.46. The van der Waals surface area contributed by atoms with E-state index in [1.807, 2.05) is 24.3 Å². The Kier molecular flexibility index (Phi) is 8.49. The number of ether oxygens (including phenoxy) is 2. The third-order valence-corrected chi connectivity index (χ3v) is 7.51. The molecule has 1 aliphatic heterocycles. The number of amides is 1. The molecule has 0 aliphatic carbocycles. The Morgan fingerprint density at radius 3 is 2.39 bits per heavy atom. The normalized spacial score (nSPS) is 14.6. The monoisotopic (exact) mass is 473 g/mol. The SMILES string of the molecule is CCN(CC)S(=O)(=O)c1ccc(N2CCOCC2)c(NC(=O)/C=C/c2ccc(OC)cc2)c1. The summed E-state index contributed by atoms with van der Waals surface area (Å²) in [6, 6.07) is 12.2. The second kappa shape index (κ2) is 11.3. The number of carbonyl (C=O) groups is 1. The highest BCUT2D eigenvalue weighted by Crippen LogP contribution is 2.31. The minimum absolute atomic E-state index is 0.151. The standard InChI is InChI=1S/C24H31N3O5S/c1-4-27(5-2)33(29,30)21-11-12-23(26-14-16-32-17-15-26)22(18-21)25-24(28)13-8-19-6-9-20(31-3)10-7-19/h6-13,18H,4-5,14-17H2,1-3H3,(H,25,28)/b13-8+. The maximum absolute atomic E-state index is 13.0. The van der Waals surface area contributed by atoms with Gasteiger partial charge in [0.15, 0.2) is 0 Å². The van der Waals surface area contributed by atoms with Crippen LogP contribution in [0.15, 0.2) is 53.4 Å². The van der Waals surface area contributed by atoms with Crippen molar-refractivity contribution in [2.75, 3.05) is 56.7 Å². The molecule has 0 radical (unpaired) electrons. The number of morpholine rings is 1. The molecule has 0 atom stereocenters. The first kappa shape index (κ1) is 24.8. The molecule has 0 spiro atoms. The van der Waals surface area contributed by atoms with Crippen LogP contribution in [0.5, 0.6) is 5.75 Å². The average molecular weight is 474 g/mol. The lowest BCUT2D eigenvalue weighted by atomic mass is 10.2. The minimum Gasteiger partial charge on any atom is -0.497 e. The molecule has 8 nitrogen and oxygen atoms in total. The zero-order valence-electron chi connectivity index (χ0n) is 19.3. The van der Waals surface area contributed by atoms with E-state index in [0.29, 0.717) is 45.1 Å². The van der Waals surface area contributed by atoms with Crippen LogP contribution in [0.3, 0.4) is 0 Å². The maximum atomic E-state index is 13.0. The van der Waals surface area contributed by atoms with Gasteiger partial charge in [-0.05, 0) is 42.0 Å². The van der Waals surface area contributed by atoms with Crippen LogP contribution in [-0.4, -0.2) is 65.1 Å². The molecular weight excluding hydrogens is 442 g/mol. The number of rotatable bonds is 9. The summed E-state index contributed by atoms with van der Waals surface area (Å²) in [6.45, 7) is 6.81. The van der Waals surface area contributed by atoms with E-state index in [2.05, 4.69) is 10.2 Å². The van der Waals surface area contributed by atoms with Gasteiger partial charge in [-0.1, -0.05) is 26.0 Å². The van der Waals surface area contributed by atoms with Gasteiger partial charge in [0.25, 0.3) is 0 Å². The highest BCUT2D eigenvalue weighted by Gasteiger charge is 2.24. The summed E-state index contributed by atoms with van der Waals surface area (Å²) in [5.74, 6) is 0.385. The van der Waals surface area contributed by atoms with E-state index in [9.17, 15) is 13.2 Å². The molecule has 1 saturated heterocycles. The number of benzene rings is 2. The van der Waals surface area contributed by atoms with Crippen molar-refractivity contribution in [2.24, 2.45) is 0 Å². The van der Waals surface area contributed by atoms with Gasteiger partial charge in [-0.15, -0.1) is 0 Å². The fraction of sp³-hybridized carbons (Fsp3) is 0.375. The maximum Gasteiger partial charge on any atom is 0.248 e. The summed E-state index contributed by atoms with van der Waals surface area (Å²) in [7, 11) is -2.06. The molecule has 33 heavy (non-hydrogen) atoms. The summed E-state index contributed by atoms with van der Waals surface area (Å²) in [5, 5.41) is 2.87. The van der Waals surface area contributed by atoms with Crippen LogP contribution in [0.4, 0.5) is 11.4 Å². The number of nitrogens with zero attached hydrogens (tertiary/aromatic N) is 2. The molecule has 178 valence electrons.